The molecule has 0 fully saturated rings. The van der Waals surface area contributed by atoms with Crippen LogP contribution in [0.1, 0.15) is 42.4 Å². The molecule has 1 aromatic carbocycles. The zero-order valence-corrected chi connectivity index (χ0v) is 14.3. The van der Waals surface area contributed by atoms with Crippen LogP contribution in [0.4, 0.5) is 5.69 Å². The van der Waals surface area contributed by atoms with E-state index in [1.54, 1.807) is 42.5 Å². The van der Waals surface area contributed by atoms with Gasteiger partial charge in [-0.25, -0.2) is 4.98 Å². The van der Waals surface area contributed by atoms with E-state index in [-0.39, 0.29) is 17.9 Å². The molecule has 2 aromatic heterocycles. The van der Waals surface area contributed by atoms with Gasteiger partial charge in [-0.1, -0.05) is 13.0 Å². The van der Waals surface area contributed by atoms with Crippen molar-refractivity contribution in [3.8, 4) is 0 Å². The first kappa shape index (κ1) is 16.2. The van der Waals surface area contributed by atoms with Crippen LogP contribution in [0.5, 0.6) is 0 Å². The van der Waals surface area contributed by atoms with Gasteiger partial charge in [0.2, 0.25) is 5.91 Å². The summed E-state index contributed by atoms with van der Waals surface area (Å²) in [6.45, 7) is 3.68. The lowest BCUT2D eigenvalue weighted by molar-refractivity contribution is -0.115. The number of rotatable bonds is 5. The number of hydrogen-bond donors (Lipinski definition) is 2. The minimum atomic E-state index is -0.210. The number of thiazole rings is 1. The highest BCUT2D eigenvalue weighted by molar-refractivity contribution is 7.15. The number of anilines is 1. The SMILES string of the molecule is CCC(=O)Nc1cccc(C(=O)N[C@@H](C)c2cn3ccsc3n2)c1. The van der Waals surface area contributed by atoms with Crippen molar-refractivity contribution in [2.45, 2.75) is 26.3 Å². The summed E-state index contributed by atoms with van der Waals surface area (Å²) in [4.78, 5) is 29.3. The molecule has 0 spiro atoms. The van der Waals surface area contributed by atoms with Gasteiger partial charge in [-0.3, -0.25) is 14.0 Å². The standard InChI is InChI=1S/C17H18N4O2S/c1-3-15(22)19-13-6-4-5-12(9-13)16(23)18-11(2)14-10-21-7-8-24-17(21)20-14/h4-11H,3H2,1-2H3,(H,18,23)(H,19,22)/t11-/m0/s1. The van der Waals surface area contributed by atoms with Crippen molar-refractivity contribution in [2.24, 2.45) is 0 Å². The summed E-state index contributed by atoms with van der Waals surface area (Å²) in [6, 6.07) is 6.68. The second-order valence-corrected chi connectivity index (χ2v) is 6.31. The summed E-state index contributed by atoms with van der Waals surface area (Å²) < 4.78 is 1.93. The predicted molar refractivity (Wildman–Crippen MR) is 94.3 cm³/mol. The van der Waals surface area contributed by atoms with Crippen molar-refractivity contribution < 1.29 is 9.59 Å². The lowest BCUT2D eigenvalue weighted by Gasteiger charge is -2.12. The van der Waals surface area contributed by atoms with Crippen LogP contribution in [0.15, 0.2) is 42.0 Å². The minimum absolute atomic E-state index is 0.0843. The van der Waals surface area contributed by atoms with Crippen molar-refractivity contribution in [1.82, 2.24) is 14.7 Å². The molecule has 2 N–H and O–H groups in total. The molecule has 2 heterocycles. The van der Waals surface area contributed by atoms with E-state index in [1.165, 1.54) is 0 Å². The van der Waals surface area contributed by atoms with Crippen LogP contribution in [0, 0.1) is 0 Å². The van der Waals surface area contributed by atoms with E-state index in [1.807, 2.05) is 29.1 Å². The maximum absolute atomic E-state index is 12.4. The highest BCUT2D eigenvalue weighted by atomic mass is 32.1. The smallest absolute Gasteiger partial charge is 0.251 e. The molecule has 24 heavy (non-hydrogen) atoms. The third-order valence-electron chi connectivity index (χ3n) is 3.63. The largest absolute Gasteiger partial charge is 0.344 e. The van der Waals surface area contributed by atoms with Gasteiger partial charge in [0.25, 0.3) is 5.91 Å². The first-order chi connectivity index (χ1) is 11.6. The number of carbonyl (C=O) groups is 2. The molecular formula is C17H18N4O2S. The predicted octanol–water partition coefficient (Wildman–Crippen LogP) is 3.24. The second kappa shape index (κ2) is 6.84. The van der Waals surface area contributed by atoms with Crippen molar-refractivity contribution in [3.05, 3.63) is 53.3 Å². The van der Waals surface area contributed by atoms with Crippen LogP contribution >= 0.6 is 11.3 Å². The normalized spacial score (nSPS) is 12.1. The number of imidazole rings is 1. The molecule has 0 aliphatic carbocycles. The number of amides is 2. The van der Waals surface area contributed by atoms with E-state index in [2.05, 4.69) is 15.6 Å². The zero-order chi connectivity index (χ0) is 17.1. The van der Waals surface area contributed by atoms with Crippen molar-refractivity contribution in [3.63, 3.8) is 0 Å². The van der Waals surface area contributed by atoms with Crippen molar-refractivity contribution in [2.75, 3.05) is 5.32 Å². The molecule has 124 valence electrons. The number of fused-ring (bicyclic) bond motifs is 1. The van der Waals surface area contributed by atoms with Gasteiger partial charge in [0.05, 0.1) is 11.7 Å². The van der Waals surface area contributed by atoms with Crippen LogP contribution in [-0.2, 0) is 4.79 Å². The molecule has 7 heteroatoms. The van der Waals surface area contributed by atoms with E-state index in [4.69, 9.17) is 0 Å². The van der Waals surface area contributed by atoms with Crippen LogP contribution in [0.2, 0.25) is 0 Å². The molecule has 0 aliphatic rings. The summed E-state index contributed by atoms with van der Waals surface area (Å²) in [5, 5.41) is 7.65. The molecule has 0 aliphatic heterocycles. The minimum Gasteiger partial charge on any atom is -0.344 e. The second-order valence-electron chi connectivity index (χ2n) is 5.44. The lowest BCUT2D eigenvalue weighted by Crippen LogP contribution is -2.27. The molecule has 2 amide bonds. The third-order valence-corrected chi connectivity index (χ3v) is 4.40. The molecular weight excluding hydrogens is 324 g/mol. The highest BCUT2D eigenvalue weighted by Gasteiger charge is 2.15. The number of benzene rings is 1. The molecule has 1 atom stereocenters. The maximum Gasteiger partial charge on any atom is 0.251 e. The Morgan fingerprint density at radius 1 is 1.38 bits per heavy atom. The zero-order valence-electron chi connectivity index (χ0n) is 13.4. The summed E-state index contributed by atoms with van der Waals surface area (Å²) in [6.07, 6.45) is 4.24. The molecule has 0 radical (unpaired) electrons. The van der Waals surface area contributed by atoms with Crippen molar-refractivity contribution >= 4 is 33.8 Å². The van der Waals surface area contributed by atoms with Gasteiger partial charge >= 0.3 is 0 Å². The Kier molecular flexibility index (Phi) is 4.61. The Labute approximate surface area is 143 Å². The number of nitrogens with zero attached hydrogens (tertiary/aromatic N) is 2. The fourth-order valence-corrected chi connectivity index (χ4v) is 3.00. The van der Waals surface area contributed by atoms with Gasteiger partial charge in [-0.05, 0) is 25.1 Å². The molecule has 3 rings (SSSR count). The van der Waals surface area contributed by atoms with E-state index in [0.29, 0.717) is 17.7 Å². The summed E-state index contributed by atoms with van der Waals surface area (Å²) in [7, 11) is 0. The molecule has 0 saturated heterocycles. The monoisotopic (exact) mass is 342 g/mol. The number of nitrogens with one attached hydrogen (secondary N) is 2. The van der Waals surface area contributed by atoms with Gasteiger partial charge < -0.3 is 10.6 Å². The number of carbonyl (C=O) groups excluding carboxylic acids is 2. The number of aromatic nitrogens is 2. The van der Waals surface area contributed by atoms with Gasteiger partial charge in [0, 0.05) is 35.4 Å². The Bertz CT molecular complexity index is 855. The molecule has 0 unspecified atom stereocenters. The molecule has 6 nitrogen and oxygen atoms in total. The Balaban J connectivity index is 1.70. The van der Waals surface area contributed by atoms with E-state index in [0.717, 1.165) is 10.7 Å². The third kappa shape index (κ3) is 3.46. The average molecular weight is 342 g/mol. The van der Waals surface area contributed by atoms with Crippen LogP contribution in [0.25, 0.3) is 4.96 Å². The average Bonchev–Trinajstić information content (AvgIpc) is 3.16. The fraction of sp³-hybridized carbons (Fsp3) is 0.235. The molecule has 0 bridgehead atoms. The van der Waals surface area contributed by atoms with Crippen LogP contribution in [-0.4, -0.2) is 21.2 Å². The highest BCUT2D eigenvalue weighted by Crippen LogP contribution is 2.18. The first-order valence-electron chi connectivity index (χ1n) is 7.69. The summed E-state index contributed by atoms with van der Waals surface area (Å²) >= 11 is 1.55. The Morgan fingerprint density at radius 3 is 2.96 bits per heavy atom. The quantitative estimate of drug-likeness (QED) is 0.747. The van der Waals surface area contributed by atoms with Gasteiger partial charge in [-0.15, -0.1) is 11.3 Å². The summed E-state index contributed by atoms with van der Waals surface area (Å²) in [5.41, 5.74) is 1.92. The lowest BCUT2D eigenvalue weighted by atomic mass is 10.1. The Morgan fingerprint density at radius 2 is 2.21 bits per heavy atom. The van der Waals surface area contributed by atoms with Crippen molar-refractivity contribution in [1.29, 1.82) is 0 Å². The Hall–Kier alpha value is -2.67. The maximum atomic E-state index is 12.4. The molecule has 3 aromatic rings. The summed E-state index contributed by atoms with van der Waals surface area (Å²) in [5.74, 6) is -0.287. The van der Waals surface area contributed by atoms with Gasteiger partial charge in [0.15, 0.2) is 4.96 Å². The fourth-order valence-electron chi connectivity index (χ4n) is 2.30. The topological polar surface area (TPSA) is 75.5 Å². The van der Waals surface area contributed by atoms with Gasteiger partial charge in [0.1, 0.15) is 0 Å². The van der Waals surface area contributed by atoms with E-state index < -0.39 is 0 Å². The van der Waals surface area contributed by atoms with E-state index >= 15 is 0 Å². The van der Waals surface area contributed by atoms with Crippen LogP contribution in [0.3, 0.4) is 0 Å². The van der Waals surface area contributed by atoms with E-state index in [9.17, 15) is 9.59 Å². The van der Waals surface area contributed by atoms with Gasteiger partial charge in [-0.2, -0.15) is 0 Å². The van der Waals surface area contributed by atoms with Crippen LogP contribution < -0.4 is 10.6 Å². The number of hydrogen-bond acceptors (Lipinski definition) is 4. The first-order valence-corrected chi connectivity index (χ1v) is 8.57. The molecule has 0 saturated carbocycles.